The Bertz CT molecular complexity index is 364. The highest BCUT2D eigenvalue weighted by Gasteiger charge is 2.16. The summed E-state index contributed by atoms with van der Waals surface area (Å²) in [6.07, 6.45) is 2.93. The minimum absolute atomic E-state index is 0.0810. The molecule has 0 unspecified atom stereocenters. The van der Waals surface area contributed by atoms with E-state index in [-0.39, 0.29) is 5.91 Å². The van der Waals surface area contributed by atoms with Gasteiger partial charge in [-0.25, -0.2) is 0 Å². The largest absolute Gasteiger partial charge is 0.337 e. The first kappa shape index (κ1) is 14.4. The van der Waals surface area contributed by atoms with Crippen LogP contribution < -0.4 is 0 Å². The molecule has 17 heavy (non-hydrogen) atoms. The van der Waals surface area contributed by atoms with E-state index in [1.54, 1.807) is 11.8 Å². The van der Waals surface area contributed by atoms with Crippen LogP contribution in [0.3, 0.4) is 0 Å². The van der Waals surface area contributed by atoms with Crippen LogP contribution in [0.15, 0.2) is 29.2 Å². The van der Waals surface area contributed by atoms with E-state index in [9.17, 15) is 4.79 Å². The summed E-state index contributed by atoms with van der Waals surface area (Å²) in [5.74, 6) is 0.560. The molecule has 0 aromatic heterocycles. The maximum Gasteiger partial charge on any atom is 0.255 e. The van der Waals surface area contributed by atoms with Gasteiger partial charge in [-0.05, 0) is 24.8 Å². The van der Waals surface area contributed by atoms with Crippen molar-refractivity contribution in [2.75, 3.05) is 25.2 Å². The Balaban J connectivity index is 2.92. The summed E-state index contributed by atoms with van der Waals surface area (Å²) in [5, 5.41) is 0. The van der Waals surface area contributed by atoms with Gasteiger partial charge in [0, 0.05) is 23.9 Å². The van der Waals surface area contributed by atoms with Crippen molar-refractivity contribution in [3.8, 4) is 0 Å². The average molecular weight is 272 g/mol. The van der Waals surface area contributed by atoms with Gasteiger partial charge in [-0.15, -0.1) is 23.4 Å². The van der Waals surface area contributed by atoms with Crippen molar-refractivity contribution in [2.24, 2.45) is 0 Å². The fraction of sp³-hybridized carbons (Fsp3) is 0.462. The lowest BCUT2D eigenvalue weighted by atomic mass is 10.2. The summed E-state index contributed by atoms with van der Waals surface area (Å²) < 4.78 is 0. The lowest BCUT2D eigenvalue weighted by Crippen LogP contribution is -2.33. The number of thioether (sulfide) groups is 1. The molecule has 1 rings (SSSR count). The zero-order chi connectivity index (χ0) is 12.7. The maximum absolute atomic E-state index is 12.4. The van der Waals surface area contributed by atoms with Crippen LogP contribution in [-0.4, -0.2) is 36.0 Å². The molecule has 0 atom stereocenters. The normalized spacial score (nSPS) is 10.3. The van der Waals surface area contributed by atoms with Gasteiger partial charge < -0.3 is 4.90 Å². The average Bonchev–Trinajstić information content (AvgIpc) is 2.37. The van der Waals surface area contributed by atoms with Crippen LogP contribution in [-0.2, 0) is 0 Å². The van der Waals surface area contributed by atoms with E-state index in [0.29, 0.717) is 12.4 Å². The van der Waals surface area contributed by atoms with Gasteiger partial charge in [-0.3, -0.25) is 4.79 Å². The summed E-state index contributed by atoms with van der Waals surface area (Å²) in [5.41, 5.74) is 0.776. The smallest absolute Gasteiger partial charge is 0.255 e. The van der Waals surface area contributed by atoms with Gasteiger partial charge in [-0.1, -0.05) is 19.1 Å². The molecule has 0 heterocycles. The second-order valence-corrected chi connectivity index (χ2v) is 4.91. The molecular formula is C13H18ClNOS. The molecule has 0 saturated carbocycles. The Hall–Kier alpha value is -0.670. The predicted molar refractivity (Wildman–Crippen MR) is 75.1 cm³/mol. The molecule has 4 heteroatoms. The number of alkyl halides is 1. The number of nitrogens with zero attached hydrogens (tertiary/aromatic N) is 1. The lowest BCUT2D eigenvalue weighted by Gasteiger charge is -2.22. The van der Waals surface area contributed by atoms with E-state index in [1.807, 2.05) is 35.4 Å². The highest BCUT2D eigenvalue weighted by Crippen LogP contribution is 2.21. The van der Waals surface area contributed by atoms with Crippen molar-refractivity contribution in [3.63, 3.8) is 0 Å². The van der Waals surface area contributed by atoms with E-state index in [2.05, 4.69) is 6.92 Å². The van der Waals surface area contributed by atoms with Gasteiger partial charge in [0.1, 0.15) is 0 Å². The van der Waals surface area contributed by atoms with Gasteiger partial charge >= 0.3 is 0 Å². The molecule has 0 aliphatic carbocycles. The number of halogens is 1. The van der Waals surface area contributed by atoms with Crippen LogP contribution in [0, 0.1) is 0 Å². The zero-order valence-electron chi connectivity index (χ0n) is 10.3. The van der Waals surface area contributed by atoms with Crippen molar-refractivity contribution >= 4 is 29.3 Å². The van der Waals surface area contributed by atoms with Gasteiger partial charge in [0.2, 0.25) is 0 Å². The first-order chi connectivity index (χ1) is 8.24. The summed E-state index contributed by atoms with van der Waals surface area (Å²) in [7, 11) is 0. The van der Waals surface area contributed by atoms with Crippen LogP contribution in [0.4, 0.5) is 0 Å². The van der Waals surface area contributed by atoms with E-state index >= 15 is 0 Å². The second kappa shape index (κ2) is 7.62. The van der Waals surface area contributed by atoms with Crippen LogP contribution in [0.5, 0.6) is 0 Å². The zero-order valence-corrected chi connectivity index (χ0v) is 11.9. The number of hydrogen-bond donors (Lipinski definition) is 0. The van der Waals surface area contributed by atoms with Crippen molar-refractivity contribution in [1.82, 2.24) is 4.90 Å². The monoisotopic (exact) mass is 271 g/mol. The van der Waals surface area contributed by atoms with Crippen LogP contribution in [0.25, 0.3) is 0 Å². The molecule has 0 bridgehead atoms. The van der Waals surface area contributed by atoms with Crippen molar-refractivity contribution < 1.29 is 4.79 Å². The standard InChI is InChI=1S/C13H18ClNOS/c1-3-9-15(10-8-14)13(16)11-6-4-5-7-12(11)17-2/h4-7H,3,8-10H2,1-2H3. The quantitative estimate of drug-likeness (QED) is 0.583. The van der Waals surface area contributed by atoms with Gasteiger partial charge in [0.15, 0.2) is 0 Å². The Morgan fingerprint density at radius 3 is 2.65 bits per heavy atom. The molecule has 94 valence electrons. The summed E-state index contributed by atoms with van der Waals surface area (Å²) in [6.45, 7) is 3.43. The lowest BCUT2D eigenvalue weighted by molar-refractivity contribution is 0.0762. The Morgan fingerprint density at radius 1 is 1.35 bits per heavy atom. The number of carbonyl (C=O) groups excluding carboxylic acids is 1. The van der Waals surface area contributed by atoms with Crippen LogP contribution >= 0.6 is 23.4 Å². The van der Waals surface area contributed by atoms with E-state index < -0.39 is 0 Å². The minimum atomic E-state index is 0.0810. The predicted octanol–water partition coefficient (Wildman–Crippen LogP) is 3.50. The summed E-state index contributed by atoms with van der Waals surface area (Å²) in [4.78, 5) is 15.2. The molecule has 2 nitrogen and oxygen atoms in total. The molecule has 0 N–H and O–H groups in total. The Morgan fingerprint density at radius 2 is 2.06 bits per heavy atom. The van der Waals surface area contributed by atoms with Gasteiger partial charge in [0.05, 0.1) is 5.56 Å². The summed E-state index contributed by atoms with van der Waals surface area (Å²) in [6, 6.07) is 7.71. The Kier molecular flexibility index (Phi) is 6.45. The molecule has 0 saturated heterocycles. The highest BCUT2D eigenvalue weighted by atomic mass is 35.5. The fourth-order valence-electron chi connectivity index (χ4n) is 1.68. The van der Waals surface area contributed by atoms with Crippen LogP contribution in [0.1, 0.15) is 23.7 Å². The SMILES string of the molecule is CCCN(CCCl)C(=O)c1ccccc1SC. The molecule has 1 aromatic rings. The van der Waals surface area contributed by atoms with Crippen molar-refractivity contribution in [3.05, 3.63) is 29.8 Å². The molecule has 0 aliphatic rings. The third-order valence-corrected chi connectivity index (χ3v) is 3.44. The first-order valence-corrected chi connectivity index (χ1v) is 7.48. The topological polar surface area (TPSA) is 20.3 Å². The first-order valence-electron chi connectivity index (χ1n) is 5.72. The number of carbonyl (C=O) groups is 1. The van der Waals surface area contributed by atoms with E-state index in [4.69, 9.17) is 11.6 Å². The minimum Gasteiger partial charge on any atom is -0.337 e. The Labute approximate surface area is 112 Å². The molecule has 0 spiro atoms. The molecule has 1 amide bonds. The highest BCUT2D eigenvalue weighted by molar-refractivity contribution is 7.98. The number of benzene rings is 1. The molecule has 0 aliphatic heterocycles. The molecule has 1 aromatic carbocycles. The van der Waals surface area contributed by atoms with Crippen molar-refractivity contribution in [1.29, 1.82) is 0 Å². The van der Waals surface area contributed by atoms with Crippen molar-refractivity contribution in [2.45, 2.75) is 18.2 Å². The molecule has 0 fully saturated rings. The fourth-order valence-corrected chi connectivity index (χ4v) is 2.47. The molecular weight excluding hydrogens is 254 g/mol. The number of amides is 1. The van der Waals surface area contributed by atoms with Crippen LogP contribution in [0.2, 0.25) is 0 Å². The second-order valence-electron chi connectivity index (χ2n) is 3.68. The van der Waals surface area contributed by atoms with E-state index in [1.165, 1.54) is 0 Å². The van der Waals surface area contributed by atoms with Gasteiger partial charge in [-0.2, -0.15) is 0 Å². The number of rotatable bonds is 6. The maximum atomic E-state index is 12.4. The van der Waals surface area contributed by atoms with Gasteiger partial charge in [0.25, 0.3) is 5.91 Å². The third-order valence-electron chi connectivity index (χ3n) is 2.47. The van der Waals surface area contributed by atoms with E-state index in [0.717, 1.165) is 23.4 Å². The summed E-state index contributed by atoms with van der Waals surface area (Å²) >= 11 is 7.33. The third kappa shape index (κ3) is 3.93. The molecule has 0 radical (unpaired) electrons. The number of hydrogen-bond acceptors (Lipinski definition) is 2.